The van der Waals surface area contributed by atoms with Gasteiger partial charge in [0, 0.05) is 19.9 Å². The van der Waals surface area contributed by atoms with Crippen LogP contribution in [0.3, 0.4) is 0 Å². The quantitative estimate of drug-likeness (QED) is 0.906. The predicted molar refractivity (Wildman–Crippen MR) is 93.9 cm³/mol. The van der Waals surface area contributed by atoms with E-state index in [1.807, 2.05) is 24.1 Å². The third kappa shape index (κ3) is 4.41. The summed E-state index contributed by atoms with van der Waals surface area (Å²) in [7, 11) is 3.58. The summed E-state index contributed by atoms with van der Waals surface area (Å²) in [6.07, 6.45) is 3.06. The van der Waals surface area contributed by atoms with Gasteiger partial charge in [-0.15, -0.1) is 0 Å². The monoisotopic (exact) mass is 343 g/mol. The second-order valence-corrected chi connectivity index (χ2v) is 6.40. The summed E-state index contributed by atoms with van der Waals surface area (Å²) < 4.78 is 18.6. The number of hydrogen-bond acceptors (Lipinski definition) is 4. The van der Waals surface area contributed by atoms with Crippen molar-refractivity contribution >= 4 is 11.7 Å². The first kappa shape index (κ1) is 17.5. The van der Waals surface area contributed by atoms with Crippen LogP contribution in [0.2, 0.25) is 0 Å². The van der Waals surface area contributed by atoms with Crippen LogP contribution in [-0.4, -0.2) is 48.6 Å². The van der Waals surface area contributed by atoms with Crippen molar-refractivity contribution in [2.24, 2.45) is 0 Å². The maximum atomic E-state index is 13.2. The van der Waals surface area contributed by atoms with Gasteiger partial charge in [0.05, 0.1) is 12.1 Å². The van der Waals surface area contributed by atoms with Gasteiger partial charge in [-0.3, -0.25) is 9.69 Å². The van der Waals surface area contributed by atoms with Crippen molar-refractivity contribution in [1.29, 1.82) is 0 Å². The van der Waals surface area contributed by atoms with Crippen molar-refractivity contribution < 1.29 is 13.9 Å². The Morgan fingerprint density at radius 2 is 2.20 bits per heavy atom. The Morgan fingerprint density at radius 1 is 1.36 bits per heavy atom. The van der Waals surface area contributed by atoms with E-state index in [0.717, 1.165) is 17.7 Å². The van der Waals surface area contributed by atoms with Gasteiger partial charge in [0.15, 0.2) is 0 Å². The van der Waals surface area contributed by atoms with E-state index in [0.29, 0.717) is 18.7 Å². The number of rotatable bonds is 5. The number of carbonyl (C=O) groups is 1. The molecule has 0 saturated carbocycles. The number of carbonyl (C=O) groups excluding carboxylic acids is 1. The highest BCUT2D eigenvalue weighted by Gasteiger charge is 2.34. The van der Waals surface area contributed by atoms with Gasteiger partial charge in [0.25, 0.3) is 0 Å². The average molecular weight is 343 g/mol. The maximum absolute atomic E-state index is 13.2. The molecule has 1 N–H and O–H groups in total. The van der Waals surface area contributed by atoms with Crippen LogP contribution in [0.5, 0.6) is 0 Å². The number of methoxy groups -OCH3 is 1. The van der Waals surface area contributed by atoms with Crippen LogP contribution in [0.15, 0.2) is 42.6 Å². The highest BCUT2D eigenvalue weighted by Crippen LogP contribution is 2.19. The van der Waals surface area contributed by atoms with Crippen LogP contribution in [0.4, 0.5) is 10.2 Å². The number of aromatic nitrogens is 1. The van der Waals surface area contributed by atoms with Crippen LogP contribution in [0.1, 0.15) is 17.5 Å². The van der Waals surface area contributed by atoms with Crippen molar-refractivity contribution in [3.8, 4) is 0 Å². The predicted octanol–water partition coefficient (Wildman–Crippen LogP) is 2.47. The third-order valence-corrected chi connectivity index (χ3v) is 4.52. The van der Waals surface area contributed by atoms with E-state index in [9.17, 15) is 9.18 Å². The summed E-state index contributed by atoms with van der Waals surface area (Å²) in [5, 5.41) is 2.85. The van der Waals surface area contributed by atoms with Gasteiger partial charge in [-0.2, -0.15) is 0 Å². The molecule has 0 bridgehead atoms. The fourth-order valence-electron chi connectivity index (χ4n) is 3.13. The van der Waals surface area contributed by atoms with E-state index >= 15 is 0 Å². The molecule has 1 fully saturated rings. The number of ether oxygens (including phenoxy) is 1. The fraction of sp³-hybridized carbons (Fsp3) is 0.368. The number of anilines is 1. The summed E-state index contributed by atoms with van der Waals surface area (Å²) in [6, 6.07) is 9.96. The molecule has 0 unspecified atom stereocenters. The van der Waals surface area contributed by atoms with Gasteiger partial charge < -0.3 is 10.1 Å². The van der Waals surface area contributed by atoms with Crippen LogP contribution < -0.4 is 5.32 Å². The standard InChI is InChI=1S/C19H22FN3O2/c1-23-12-16(25-2)10-17(23)19(24)22-18-7-6-14(11-21-18)8-13-4-3-5-15(20)9-13/h3-7,9,11,16-17H,8,10,12H2,1-2H3,(H,21,22,24)/t16-,17-/m0/s1. The first-order valence-electron chi connectivity index (χ1n) is 8.28. The van der Waals surface area contributed by atoms with Crippen molar-refractivity contribution in [1.82, 2.24) is 9.88 Å². The molecule has 5 nitrogen and oxygen atoms in total. The van der Waals surface area contributed by atoms with Crippen molar-refractivity contribution in [2.75, 3.05) is 26.0 Å². The Bertz CT molecular complexity index is 736. The second kappa shape index (κ2) is 7.72. The topological polar surface area (TPSA) is 54.5 Å². The van der Waals surface area contributed by atoms with Gasteiger partial charge in [-0.25, -0.2) is 9.37 Å². The number of amides is 1. The lowest BCUT2D eigenvalue weighted by Gasteiger charge is -2.17. The molecular weight excluding hydrogens is 321 g/mol. The maximum Gasteiger partial charge on any atom is 0.242 e. The third-order valence-electron chi connectivity index (χ3n) is 4.52. The SMILES string of the molecule is CO[C@H]1C[C@@H](C(=O)Nc2ccc(Cc3cccc(F)c3)cn2)N(C)C1. The van der Waals surface area contributed by atoms with Gasteiger partial charge >= 0.3 is 0 Å². The number of likely N-dealkylation sites (tertiary alicyclic amines) is 1. The molecule has 2 atom stereocenters. The van der Waals surface area contributed by atoms with E-state index < -0.39 is 0 Å². The van der Waals surface area contributed by atoms with Gasteiger partial charge in [0.1, 0.15) is 11.6 Å². The normalized spacial score (nSPS) is 20.6. The van der Waals surface area contributed by atoms with E-state index in [1.165, 1.54) is 12.1 Å². The molecule has 0 aliphatic carbocycles. The van der Waals surface area contributed by atoms with Crippen molar-refractivity contribution in [3.05, 3.63) is 59.5 Å². The lowest BCUT2D eigenvalue weighted by Crippen LogP contribution is -2.37. The van der Waals surface area contributed by atoms with Gasteiger partial charge in [0.2, 0.25) is 5.91 Å². The molecule has 0 spiro atoms. The number of benzene rings is 1. The summed E-state index contributed by atoms with van der Waals surface area (Å²) in [5.74, 6) is 0.194. The molecule has 1 aliphatic rings. The zero-order valence-electron chi connectivity index (χ0n) is 14.4. The number of likely N-dealkylation sites (N-methyl/N-ethyl adjacent to an activating group) is 1. The second-order valence-electron chi connectivity index (χ2n) is 6.40. The number of nitrogens with zero attached hydrogens (tertiary/aromatic N) is 2. The van der Waals surface area contributed by atoms with E-state index in [2.05, 4.69) is 10.3 Å². The molecule has 1 aromatic heterocycles. The van der Waals surface area contributed by atoms with E-state index in [1.54, 1.807) is 25.4 Å². The Morgan fingerprint density at radius 3 is 2.84 bits per heavy atom. The first-order chi connectivity index (χ1) is 12.0. The number of hydrogen-bond donors (Lipinski definition) is 1. The molecular formula is C19H22FN3O2. The minimum absolute atomic E-state index is 0.0765. The highest BCUT2D eigenvalue weighted by atomic mass is 19.1. The van der Waals surface area contributed by atoms with Crippen LogP contribution in [0, 0.1) is 5.82 Å². The van der Waals surface area contributed by atoms with Crippen molar-refractivity contribution in [3.63, 3.8) is 0 Å². The molecule has 1 saturated heterocycles. The minimum Gasteiger partial charge on any atom is -0.380 e. The number of nitrogens with one attached hydrogen (secondary N) is 1. The molecule has 0 radical (unpaired) electrons. The Kier molecular flexibility index (Phi) is 5.40. The molecule has 2 aromatic rings. The van der Waals surface area contributed by atoms with Crippen molar-refractivity contribution in [2.45, 2.75) is 25.0 Å². The Labute approximate surface area is 146 Å². The van der Waals surface area contributed by atoms with E-state index in [-0.39, 0.29) is 23.9 Å². The zero-order chi connectivity index (χ0) is 17.8. The molecule has 3 rings (SSSR count). The Hall–Kier alpha value is -2.31. The fourth-order valence-corrected chi connectivity index (χ4v) is 3.13. The summed E-state index contributed by atoms with van der Waals surface area (Å²) >= 11 is 0. The average Bonchev–Trinajstić information content (AvgIpc) is 2.98. The van der Waals surface area contributed by atoms with Crippen LogP contribution in [0.25, 0.3) is 0 Å². The lowest BCUT2D eigenvalue weighted by atomic mass is 10.1. The molecule has 1 aromatic carbocycles. The largest absolute Gasteiger partial charge is 0.380 e. The summed E-state index contributed by atoms with van der Waals surface area (Å²) in [6.45, 7) is 0.745. The van der Waals surface area contributed by atoms with Gasteiger partial charge in [-0.05, 0) is 49.2 Å². The van der Waals surface area contributed by atoms with E-state index in [4.69, 9.17) is 4.74 Å². The molecule has 132 valence electrons. The zero-order valence-corrected chi connectivity index (χ0v) is 14.4. The number of halogens is 1. The highest BCUT2D eigenvalue weighted by molar-refractivity contribution is 5.94. The van der Waals surface area contributed by atoms with Crippen LogP contribution >= 0.6 is 0 Å². The first-order valence-corrected chi connectivity index (χ1v) is 8.28. The Balaban J connectivity index is 1.60. The number of pyridine rings is 1. The molecule has 2 heterocycles. The lowest BCUT2D eigenvalue weighted by molar-refractivity contribution is -0.120. The molecule has 1 aliphatic heterocycles. The smallest absolute Gasteiger partial charge is 0.242 e. The molecule has 1 amide bonds. The van der Waals surface area contributed by atoms with Gasteiger partial charge in [-0.1, -0.05) is 18.2 Å². The summed E-state index contributed by atoms with van der Waals surface area (Å²) in [5.41, 5.74) is 1.85. The minimum atomic E-state index is -0.246. The summed E-state index contributed by atoms with van der Waals surface area (Å²) in [4.78, 5) is 18.7. The van der Waals surface area contributed by atoms with Crippen LogP contribution in [-0.2, 0) is 16.0 Å². The molecule has 25 heavy (non-hydrogen) atoms. The molecule has 6 heteroatoms.